The SMILES string of the molecule is COC(CNC(=O)OCc1ccccc1)[C@@H]1C=CCO1. The second-order valence-electron chi connectivity index (χ2n) is 4.44. The summed E-state index contributed by atoms with van der Waals surface area (Å²) in [7, 11) is 1.59. The van der Waals surface area contributed by atoms with E-state index >= 15 is 0 Å². The summed E-state index contributed by atoms with van der Waals surface area (Å²) in [6.07, 6.45) is 3.08. The second-order valence-corrected chi connectivity index (χ2v) is 4.44. The number of hydrogen-bond donors (Lipinski definition) is 1. The predicted octanol–water partition coefficient (Wildman–Crippen LogP) is 1.88. The molecule has 0 radical (unpaired) electrons. The summed E-state index contributed by atoms with van der Waals surface area (Å²) in [5.41, 5.74) is 0.952. The van der Waals surface area contributed by atoms with Crippen molar-refractivity contribution in [3.8, 4) is 0 Å². The average molecular weight is 277 g/mol. The van der Waals surface area contributed by atoms with Crippen molar-refractivity contribution in [1.29, 1.82) is 0 Å². The van der Waals surface area contributed by atoms with Gasteiger partial charge in [0.2, 0.25) is 0 Å². The van der Waals surface area contributed by atoms with E-state index in [2.05, 4.69) is 5.32 Å². The van der Waals surface area contributed by atoms with Crippen molar-refractivity contribution >= 4 is 6.09 Å². The van der Waals surface area contributed by atoms with Crippen molar-refractivity contribution in [2.24, 2.45) is 0 Å². The maximum absolute atomic E-state index is 11.6. The lowest BCUT2D eigenvalue weighted by Gasteiger charge is -2.20. The Morgan fingerprint density at radius 1 is 1.45 bits per heavy atom. The van der Waals surface area contributed by atoms with Crippen LogP contribution in [0.4, 0.5) is 4.79 Å². The Kier molecular flexibility index (Phi) is 5.58. The third kappa shape index (κ3) is 4.36. The number of carbonyl (C=O) groups is 1. The molecule has 5 heteroatoms. The molecule has 1 unspecified atom stereocenters. The Morgan fingerprint density at radius 3 is 2.90 bits per heavy atom. The quantitative estimate of drug-likeness (QED) is 0.807. The first kappa shape index (κ1) is 14.6. The van der Waals surface area contributed by atoms with Gasteiger partial charge in [-0.2, -0.15) is 0 Å². The molecule has 5 nitrogen and oxygen atoms in total. The zero-order valence-corrected chi connectivity index (χ0v) is 11.5. The van der Waals surface area contributed by atoms with Crippen LogP contribution in [0.5, 0.6) is 0 Å². The molecule has 1 heterocycles. The molecular weight excluding hydrogens is 258 g/mol. The number of nitrogens with one attached hydrogen (secondary N) is 1. The minimum atomic E-state index is -0.460. The van der Waals surface area contributed by atoms with Crippen molar-refractivity contribution in [2.75, 3.05) is 20.3 Å². The monoisotopic (exact) mass is 277 g/mol. The summed E-state index contributed by atoms with van der Waals surface area (Å²) in [5.74, 6) is 0. The topological polar surface area (TPSA) is 56.8 Å². The maximum atomic E-state index is 11.6. The van der Waals surface area contributed by atoms with Crippen LogP contribution in [0.15, 0.2) is 42.5 Å². The highest BCUT2D eigenvalue weighted by Gasteiger charge is 2.22. The largest absolute Gasteiger partial charge is 0.445 e. The Morgan fingerprint density at radius 2 is 2.25 bits per heavy atom. The molecule has 2 atom stereocenters. The highest BCUT2D eigenvalue weighted by Crippen LogP contribution is 2.10. The van der Waals surface area contributed by atoms with E-state index in [1.54, 1.807) is 7.11 Å². The first-order chi connectivity index (χ1) is 9.79. The van der Waals surface area contributed by atoms with Gasteiger partial charge in [-0.1, -0.05) is 42.5 Å². The number of benzene rings is 1. The molecule has 0 aromatic heterocycles. The summed E-state index contributed by atoms with van der Waals surface area (Å²) in [4.78, 5) is 11.6. The molecule has 1 amide bonds. The molecule has 0 fully saturated rings. The van der Waals surface area contributed by atoms with Crippen molar-refractivity contribution < 1.29 is 19.0 Å². The van der Waals surface area contributed by atoms with Gasteiger partial charge in [0.1, 0.15) is 18.8 Å². The van der Waals surface area contributed by atoms with Gasteiger partial charge in [0.05, 0.1) is 6.61 Å². The summed E-state index contributed by atoms with van der Waals surface area (Å²) in [6.45, 7) is 1.19. The lowest BCUT2D eigenvalue weighted by Crippen LogP contribution is -2.40. The molecule has 0 bridgehead atoms. The van der Waals surface area contributed by atoms with E-state index in [-0.39, 0.29) is 18.8 Å². The van der Waals surface area contributed by atoms with Gasteiger partial charge in [-0.15, -0.1) is 0 Å². The van der Waals surface area contributed by atoms with Crippen molar-refractivity contribution in [3.63, 3.8) is 0 Å². The number of hydrogen-bond acceptors (Lipinski definition) is 4. The second kappa shape index (κ2) is 7.67. The van der Waals surface area contributed by atoms with Gasteiger partial charge in [0.25, 0.3) is 0 Å². The molecule has 0 spiro atoms. The molecular formula is C15H19NO4. The van der Waals surface area contributed by atoms with Crippen LogP contribution >= 0.6 is 0 Å². The normalized spacial score (nSPS) is 18.8. The van der Waals surface area contributed by atoms with Crippen LogP contribution in [0.3, 0.4) is 0 Å². The highest BCUT2D eigenvalue weighted by atomic mass is 16.6. The number of carbonyl (C=O) groups excluding carboxylic acids is 1. The minimum absolute atomic E-state index is 0.116. The van der Waals surface area contributed by atoms with E-state index in [4.69, 9.17) is 14.2 Å². The lowest BCUT2D eigenvalue weighted by atomic mass is 10.2. The van der Waals surface area contributed by atoms with E-state index in [9.17, 15) is 4.79 Å². The van der Waals surface area contributed by atoms with Crippen molar-refractivity contribution in [2.45, 2.75) is 18.8 Å². The van der Waals surface area contributed by atoms with E-state index < -0.39 is 6.09 Å². The number of alkyl carbamates (subject to hydrolysis) is 1. The zero-order valence-electron chi connectivity index (χ0n) is 11.5. The van der Waals surface area contributed by atoms with Crippen molar-refractivity contribution in [3.05, 3.63) is 48.0 Å². The summed E-state index contributed by atoms with van der Waals surface area (Å²) >= 11 is 0. The molecule has 1 aliphatic rings. The molecule has 108 valence electrons. The summed E-state index contributed by atoms with van der Waals surface area (Å²) < 4.78 is 15.9. The third-order valence-corrected chi connectivity index (χ3v) is 3.04. The Labute approximate surface area is 118 Å². The molecule has 20 heavy (non-hydrogen) atoms. The van der Waals surface area contributed by atoms with E-state index in [1.165, 1.54) is 0 Å². The van der Waals surface area contributed by atoms with Crippen LogP contribution in [0.2, 0.25) is 0 Å². The number of methoxy groups -OCH3 is 1. The zero-order chi connectivity index (χ0) is 14.2. The van der Waals surface area contributed by atoms with Crippen LogP contribution in [0, 0.1) is 0 Å². The fourth-order valence-electron chi connectivity index (χ4n) is 1.93. The fraction of sp³-hybridized carbons (Fsp3) is 0.400. The van der Waals surface area contributed by atoms with Crippen LogP contribution in [0.25, 0.3) is 0 Å². The lowest BCUT2D eigenvalue weighted by molar-refractivity contribution is -0.0126. The van der Waals surface area contributed by atoms with Crippen LogP contribution in [0.1, 0.15) is 5.56 Å². The van der Waals surface area contributed by atoms with Gasteiger partial charge < -0.3 is 19.5 Å². The van der Waals surface area contributed by atoms with Gasteiger partial charge in [-0.3, -0.25) is 0 Å². The van der Waals surface area contributed by atoms with Crippen LogP contribution in [-0.2, 0) is 20.8 Å². The molecule has 1 aliphatic heterocycles. The highest BCUT2D eigenvalue weighted by molar-refractivity contribution is 5.67. The van der Waals surface area contributed by atoms with E-state index in [0.717, 1.165) is 5.56 Å². The number of ether oxygens (including phenoxy) is 3. The molecule has 0 saturated carbocycles. The first-order valence-corrected chi connectivity index (χ1v) is 6.55. The number of amides is 1. The number of rotatable bonds is 6. The maximum Gasteiger partial charge on any atom is 0.407 e. The third-order valence-electron chi connectivity index (χ3n) is 3.04. The molecule has 1 aromatic carbocycles. The Hall–Kier alpha value is -1.85. The summed E-state index contributed by atoms with van der Waals surface area (Å²) in [6, 6.07) is 9.54. The standard InChI is InChI=1S/C15H19NO4/c1-18-14(13-8-5-9-19-13)10-16-15(17)20-11-12-6-3-2-4-7-12/h2-8,13-14H,9-11H2,1H3,(H,16,17)/t13-,14?/m0/s1. The smallest absolute Gasteiger partial charge is 0.407 e. The Balaban J connectivity index is 1.70. The van der Waals surface area contributed by atoms with Crippen LogP contribution in [-0.4, -0.2) is 38.6 Å². The average Bonchev–Trinajstić information content (AvgIpc) is 3.01. The van der Waals surface area contributed by atoms with Crippen LogP contribution < -0.4 is 5.32 Å². The minimum Gasteiger partial charge on any atom is -0.445 e. The van der Waals surface area contributed by atoms with Gasteiger partial charge >= 0.3 is 6.09 Å². The van der Waals surface area contributed by atoms with Gasteiger partial charge in [-0.05, 0) is 5.56 Å². The van der Waals surface area contributed by atoms with E-state index in [1.807, 2.05) is 42.5 Å². The molecule has 0 aliphatic carbocycles. The molecule has 0 saturated heterocycles. The fourth-order valence-corrected chi connectivity index (χ4v) is 1.93. The Bertz CT molecular complexity index is 446. The molecule has 1 aromatic rings. The molecule has 1 N–H and O–H groups in total. The summed E-state index contributed by atoms with van der Waals surface area (Å²) in [5, 5.41) is 2.68. The van der Waals surface area contributed by atoms with Gasteiger partial charge in [0, 0.05) is 13.7 Å². The van der Waals surface area contributed by atoms with E-state index in [0.29, 0.717) is 13.2 Å². The van der Waals surface area contributed by atoms with Gasteiger partial charge in [-0.25, -0.2) is 4.79 Å². The molecule has 2 rings (SSSR count). The van der Waals surface area contributed by atoms with Gasteiger partial charge in [0.15, 0.2) is 0 Å². The predicted molar refractivity (Wildman–Crippen MR) is 74.3 cm³/mol. The first-order valence-electron chi connectivity index (χ1n) is 6.55. The van der Waals surface area contributed by atoms with Crippen molar-refractivity contribution in [1.82, 2.24) is 5.32 Å².